The van der Waals surface area contributed by atoms with Crippen LogP contribution in [0.4, 0.5) is 11.4 Å². The zero-order valence-electron chi connectivity index (χ0n) is 26.2. The number of sulfonamides is 1. The number of aryl methyl sites for hydroxylation is 1. The Morgan fingerprint density at radius 1 is 0.872 bits per heavy atom. The lowest BCUT2D eigenvalue weighted by Crippen LogP contribution is -2.54. The van der Waals surface area contributed by atoms with Crippen LogP contribution < -0.4 is 9.62 Å². The van der Waals surface area contributed by atoms with Crippen molar-refractivity contribution < 1.29 is 22.9 Å². The van der Waals surface area contributed by atoms with Gasteiger partial charge in [-0.05, 0) is 55.2 Å². The number of hydrogen-bond acceptors (Lipinski definition) is 6. The van der Waals surface area contributed by atoms with E-state index in [0.717, 1.165) is 46.7 Å². The van der Waals surface area contributed by atoms with Gasteiger partial charge in [0.15, 0.2) is 0 Å². The molecule has 0 saturated heterocycles. The summed E-state index contributed by atoms with van der Waals surface area (Å²) in [6.45, 7) is 1.37. The maximum atomic E-state index is 14.6. The van der Waals surface area contributed by atoms with Gasteiger partial charge < -0.3 is 10.2 Å². The molecule has 1 saturated carbocycles. The first-order chi connectivity index (χ1) is 22.6. The van der Waals surface area contributed by atoms with E-state index in [4.69, 9.17) is 0 Å². The number of benzene rings is 4. The molecular weight excluding hydrogens is 616 g/mol. The fourth-order valence-electron chi connectivity index (χ4n) is 5.92. The monoisotopic (exact) mass is 654 g/mol. The molecule has 1 aliphatic carbocycles. The molecule has 11 heteroatoms. The number of rotatable bonds is 13. The van der Waals surface area contributed by atoms with Crippen molar-refractivity contribution in [3.63, 3.8) is 0 Å². The van der Waals surface area contributed by atoms with Gasteiger partial charge in [0.1, 0.15) is 12.6 Å². The summed E-state index contributed by atoms with van der Waals surface area (Å²) in [5.74, 6) is -0.888. The van der Waals surface area contributed by atoms with Gasteiger partial charge in [0.05, 0.1) is 15.5 Å². The van der Waals surface area contributed by atoms with Crippen LogP contribution >= 0.6 is 0 Å². The molecule has 0 spiro atoms. The standard InChI is InChI=1S/C36H38N4O6S/c1-27-11-10-14-29(23-27)25-38(34(24-28-12-4-2-5-13-28)36(42)37-30-15-8-9-16-30)35(41)26-39(31-19-21-32(22-20-31)40(43)44)47(45,46)33-17-6-3-7-18-33/h2-7,10-14,17-23,30,34H,8-9,15-16,24-26H2,1H3,(H,37,42)/t34-/m0/s1. The molecule has 0 heterocycles. The third kappa shape index (κ3) is 8.42. The normalized spacial score (nSPS) is 13.9. The Morgan fingerprint density at radius 3 is 2.11 bits per heavy atom. The van der Waals surface area contributed by atoms with Crippen LogP contribution in [-0.2, 0) is 32.6 Å². The van der Waals surface area contributed by atoms with E-state index in [0.29, 0.717) is 0 Å². The summed E-state index contributed by atoms with van der Waals surface area (Å²) in [6.07, 6.45) is 3.97. The van der Waals surface area contributed by atoms with E-state index in [-0.39, 0.29) is 41.2 Å². The molecule has 244 valence electrons. The number of nitro benzene ring substituents is 1. The molecule has 0 bridgehead atoms. The first-order valence-electron chi connectivity index (χ1n) is 15.6. The average Bonchev–Trinajstić information content (AvgIpc) is 3.59. The van der Waals surface area contributed by atoms with Gasteiger partial charge >= 0.3 is 0 Å². The summed E-state index contributed by atoms with van der Waals surface area (Å²) in [5, 5.41) is 14.5. The van der Waals surface area contributed by atoms with Gasteiger partial charge in [0, 0.05) is 31.1 Å². The van der Waals surface area contributed by atoms with Crippen LogP contribution in [0.2, 0.25) is 0 Å². The van der Waals surface area contributed by atoms with Crippen LogP contribution in [0.5, 0.6) is 0 Å². The van der Waals surface area contributed by atoms with Gasteiger partial charge in [-0.25, -0.2) is 8.42 Å². The molecule has 4 aromatic rings. The number of nitrogens with one attached hydrogen (secondary N) is 1. The van der Waals surface area contributed by atoms with Crippen molar-refractivity contribution in [1.29, 1.82) is 0 Å². The Kier molecular flexibility index (Phi) is 10.7. The highest BCUT2D eigenvalue weighted by molar-refractivity contribution is 7.92. The fourth-order valence-corrected chi connectivity index (χ4v) is 7.35. The van der Waals surface area contributed by atoms with Crippen molar-refractivity contribution >= 4 is 33.2 Å². The molecule has 1 fully saturated rings. The van der Waals surface area contributed by atoms with Gasteiger partial charge in [-0.3, -0.25) is 24.0 Å². The third-order valence-corrected chi connectivity index (χ3v) is 10.2. The van der Waals surface area contributed by atoms with Crippen LogP contribution in [0.1, 0.15) is 42.4 Å². The zero-order valence-corrected chi connectivity index (χ0v) is 27.0. The van der Waals surface area contributed by atoms with Gasteiger partial charge in [-0.2, -0.15) is 0 Å². The molecule has 0 unspecified atom stereocenters. The first kappa shape index (κ1) is 33.3. The van der Waals surface area contributed by atoms with E-state index < -0.39 is 33.4 Å². The molecule has 1 N–H and O–H groups in total. The Bertz CT molecular complexity index is 1790. The highest BCUT2D eigenvalue weighted by Crippen LogP contribution is 2.27. The lowest BCUT2D eigenvalue weighted by atomic mass is 10.0. The summed E-state index contributed by atoms with van der Waals surface area (Å²) in [4.78, 5) is 40.8. The molecule has 4 aromatic carbocycles. The molecule has 5 rings (SSSR count). The number of nitrogens with zero attached hydrogens (tertiary/aromatic N) is 3. The predicted octanol–water partition coefficient (Wildman–Crippen LogP) is 5.80. The molecular formula is C36H38N4O6S. The molecule has 0 aliphatic heterocycles. The maximum Gasteiger partial charge on any atom is 0.269 e. The number of carbonyl (C=O) groups is 2. The van der Waals surface area contributed by atoms with E-state index >= 15 is 0 Å². The van der Waals surface area contributed by atoms with Crippen molar-refractivity contribution in [3.8, 4) is 0 Å². The van der Waals surface area contributed by atoms with Crippen LogP contribution in [0.25, 0.3) is 0 Å². The summed E-state index contributed by atoms with van der Waals surface area (Å²) in [5.41, 5.74) is 2.48. The largest absolute Gasteiger partial charge is 0.352 e. The second-order valence-electron chi connectivity index (χ2n) is 11.8. The van der Waals surface area contributed by atoms with Crippen LogP contribution in [-0.4, -0.2) is 48.7 Å². The Labute approximate surface area is 275 Å². The molecule has 1 aliphatic rings. The summed E-state index contributed by atoms with van der Waals surface area (Å²) in [7, 11) is -4.30. The van der Waals surface area contributed by atoms with Crippen molar-refractivity contribution in [2.45, 2.75) is 62.6 Å². The smallest absolute Gasteiger partial charge is 0.269 e. The van der Waals surface area contributed by atoms with Crippen LogP contribution in [0.3, 0.4) is 0 Å². The van der Waals surface area contributed by atoms with E-state index in [1.165, 1.54) is 41.3 Å². The van der Waals surface area contributed by atoms with E-state index in [1.807, 2.05) is 61.5 Å². The van der Waals surface area contributed by atoms with Crippen molar-refractivity contribution in [1.82, 2.24) is 10.2 Å². The minimum absolute atomic E-state index is 0.00626. The van der Waals surface area contributed by atoms with E-state index in [9.17, 15) is 28.1 Å². The number of non-ortho nitro benzene ring substituents is 1. The third-order valence-electron chi connectivity index (χ3n) is 8.37. The average molecular weight is 655 g/mol. The SMILES string of the molecule is Cc1cccc(CN(C(=O)CN(c2ccc([N+](=O)[O-])cc2)S(=O)(=O)c2ccccc2)[C@@H](Cc2ccccc2)C(=O)NC2CCCC2)c1. The van der Waals surface area contributed by atoms with Gasteiger partial charge in [0.25, 0.3) is 15.7 Å². The topological polar surface area (TPSA) is 130 Å². The quantitative estimate of drug-likeness (QED) is 0.143. The molecule has 1 atom stereocenters. The number of anilines is 1. The van der Waals surface area contributed by atoms with Crippen molar-refractivity contribution in [2.24, 2.45) is 0 Å². The minimum Gasteiger partial charge on any atom is -0.352 e. The Balaban J connectivity index is 1.57. The fraction of sp³-hybridized carbons (Fsp3) is 0.278. The van der Waals surface area contributed by atoms with Gasteiger partial charge in [0.2, 0.25) is 11.8 Å². The van der Waals surface area contributed by atoms with Gasteiger partial charge in [-0.15, -0.1) is 0 Å². The first-order valence-corrected chi connectivity index (χ1v) is 17.1. The maximum absolute atomic E-state index is 14.6. The van der Waals surface area contributed by atoms with Crippen molar-refractivity contribution in [3.05, 3.63) is 136 Å². The van der Waals surface area contributed by atoms with E-state index in [1.54, 1.807) is 18.2 Å². The number of amides is 2. The predicted molar refractivity (Wildman–Crippen MR) is 180 cm³/mol. The van der Waals surface area contributed by atoms with E-state index in [2.05, 4.69) is 5.32 Å². The highest BCUT2D eigenvalue weighted by atomic mass is 32.2. The Hall–Kier alpha value is -5.03. The summed E-state index contributed by atoms with van der Waals surface area (Å²) < 4.78 is 29.1. The Morgan fingerprint density at radius 2 is 1.49 bits per heavy atom. The van der Waals surface area contributed by atoms with Crippen LogP contribution in [0.15, 0.2) is 114 Å². The summed E-state index contributed by atoms with van der Waals surface area (Å²) >= 11 is 0. The lowest BCUT2D eigenvalue weighted by Gasteiger charge is -2.34. The molecule has 0 aromatic heterocycles. The minimum atomic E-state index is -4.30. The molecule has 47 heavy (non-hydrogen) atoms. The van der Waals surface area contributed by atoms with Crippen LogP contribution in [0, 0.1) is 17.0 Å². The lowest BCUT2D eigenvalue weighted by molar-refractivity contribution is -0.384. The number of nitro groups is 1. The highest BCUT2D eigenvalue weighted by Gasteiger charge is 2.35. The number of carbonyl (C=O) groups excluding carboxylic acids is 2. The molecule has 2 amide bonds. The van der Waals surface area contributed by atoms with Gasteiger partial charge in [-0.1, -0.05) is 91.2 Å². The zero-order chi connectivity index (χ0) is 33.4. The number of hydrogen-bond donors (Lipinski definition) is 1. The second kappa shape index (κ2) is 15.0. The second-order valence-corrected chi connectivity index (χ2v) is 13.7. The van der Waals surface area contributed by atoms with Crippen molar-refractivity contribution in [2.75, 3.05) is 10.8 Å². The molecule has 10 nitrogen and oxygen atoms in total. The molecule has 0 radical (unpaired) electrons. The summed E-state index contributed by atoms with van der Waals surface area (Å²) in [6, 6.07) is 28.8.